The van der Waals surface area contributed by atoms with Gasteiger partial charge in [-0.25, -0.2) is 0 Å². The summed E-state index contributed by atoms with van der Waals surface area (Å²) in [4.78, 5) is 21.6. The first kappa shape index (κ1) is 16.0. The van der Waals surface area contributed by atoms with Gasteiger partial charge in [-0.3, -0.25) is 0 Å². The quantitative estimate of drug-likeness (QED) is 0.686. The molecule has 1 aliphatic carbocycles. The summed E-state index contributed by atoms with van der Waals surface area (Å²) in [5, 5.41) is 21.6. The van der Waals surface area contributed by atoms with Crippen molar-refractivity contribution in [3.63, 3.8) is 0 Å². The number of carboxylic acids is 2. The Hall–Kier alpha value is -1.06. The van der Waals surface area contributed by atoms with E-state index in [1.807, 2.05) is 6.92 Å². The van der Waals surface area contributed by atoms with Crippen molar-refractivity contribution in [2.24, 2.45) is 17.3 Å². The summed E-state index contributed by atoms with van der Waals surface area (Å²) >= 11 is 0. The molecular weight excluding hydrogens is 244 g/mol. The average molecular weight is 268 g/mol. The van der Waals surface area contributed by atoms with E-state index in [0.29, 0.717) is 12.3 Å². The number of carbonyl (C=O) groups is 2. The van der Waals surface area contributed by atoms with Gasteiger partial charge in [0.25, 0.3) is 0 Å². The molecule has 4 heteroatoms. The van der Waals surface area contributed by atoms with Crippen LogP contribution in [0, 0.1) is 17.3 Å². The Bertz CT molecular complexity index is 320. The second-order valence-electron chi connectivity index (χ2n) is 6.26. The van der Waals surface area contributed by atoms with Crippen molar-refractivity contribution >= 4 is 11.9 Å². The molecule has 1 saturated carbocycles. The Morgan fingerprint density at radius 3 is 2.21 bits per heavy atom. The number of aliphatic carboxylic acids is 2. The molecule has 0 aliphatic heterocycles. The fourth-order valence-corrected chi connectivity index (χ4v) is 3.40. The van der Waals surface area contributed by atoms with E-state index >= 15 is 0 Å². The molecule has 1 fully saturated rings. The first-order valence-electron chi connectivity index (χ1n) is 7.25. The molecule has 0 saturated heterocycles. The maximum absolute atomic E-state index is 11.0. The standard InChI is InChI=1S/C15H26O4/c1-11(12-6-4-3-5-7-12)15(2,10-14(18)19)9-8-13(16)17/h11-12H,3-10H2,1-2H3,(H,16,17)(H,18,19)/p-2/t11-,15+/m0/s1. The first-order valence-corrected chi connectivity index (χ1v) is 7.25. The maximum Gasteiger partial charge on any atom is 0.0419 e. The summed E-state index contributed by atoms with van der Waals surface area (Å²) in [6.45, 7) is 3.94. The van der Waals surface area contributed by atoms with Crippen LogP contribution in [0.4, 0.5) is 0 Å². The second-order valence-corrected chi connectivity index (χ2v) is 6.26. The minimum absolute atomic E-state index is 0.0715. The monoisotopic (exact) mass is 268 g/mol. The van der Waals surface area contributed by atoms with Crippen molar-refractivity contribution < 1.29 is 19.8 Å². The fourth-order valence-electron chi connectivity index (χ4n) is 3.40. The van der Waals surface area contributed by atoms with E-state index in [9.17, 15) is 19.8 Å². The topological polar surface area (TPSA) is 80.3 Å². The molecule has 0 heterocycles. The van der Waals surface area contributed by atoms with E-state index in [-0.39, 0.29) is 18.8 Å². The van der Waals surface area contributed by atoms with Crippen molar-refractivity contribution in [3.8, 4) is 0 Å². The molecule has 0 spiro atoms. The van der Waals surface area contributed by atoms with Crippen LogP contribution >= 0.6 is 0 Å². The molecule has 2 atom stereocenters. The van der Waals surface area contributed by atoms with Gasteiger partial charge in [0.15, 0.2) is 0 Å². The highest BCUT2D eigenvalue weighted by atomic mass is 16.4. The molecule has 0 radical (unpaired) electrons. The van der Waals surface area contributed by atoms with Gasteiger partial charge < -0.3 is 19.8 Å². The lowest BCUT2D eigenvalue weighted by Gasteiger charge is -2.42. The molecule has 110 valence electrons. The number of hydrogen-bond acceptors (Lipinski definition) is 4. The van der Waals surface area contributed by atoms with E-state index in [4.69, 9.17) is 0 Å². The zero-order valence-electron chi connectivity index (χ0n) is 11.9. The summed E-state index contributed by atoms with van der Waals surface area (Å²) < 4.78 is 0. The zero-order chi connectivity index (χ0) is 14.5. The van der Waals surface area contributed by atoms with Crippen LogP contribution in [0.25, 0.3) is 0 Å². The molecule has 0 N–H and O–H groups in total. The van der Waals surface area contributed by atoms with Crippen molar-refractivity contribution in [3.05, 3.63) is 0 Å². The minimum Gasteiger partial charge on any atom is -0.550 e. The lowest BCUT2D eigenvalue weighted by Crippen LogP contribution is -2.39. The van der Waals surface area contributed by atoms with Crippen LogP contribution in [-0.4, -0.2) is 11.9 Å². The molecule has 0 aromatic carbocycles. The van der Waals surface area contributed by atoms with Gasteiger partial charge in [0, 0.05) is 11.9 Å². The summed E-state index contributed by atoms with van der Waals surface area (Å²) in [5.74, 6) is -1.51. The van der Waals surface area contributed by atoms with Gasteiger partial charge in [0.2, 0.25) is 0 Å². The molecule has 0 amide bonds. The molecule has 0 aromatic heterocycles. The van der Waals surface area contributed by atoms with E-state index in [2.05, 4.69) is 6.92 Å². The molecule has 0 unspecified atom stereocenters. The molecule has 1 aliphatic rings. The van der Waals surface area contributed by atoms with E-state index in [1.54, 1.807) is 0 Å². The van der Waals surface area contributed by atoms with E-state index < -0.39 is 17.4 Å². The highest BCUT2D eigenvalue weighted by Crippen LogP contribution is 2.44. The minimum atomic E-state index is -1.11. The predicted molar refractivity (Wildman–Crippen MR) is 67.7 cm³/mol. The van der Waals surface area contributed by atoms with Crippen molar-refractivity contribution in [2.45, 2.75) is 65.2 Å². The average Bonchev–Trinajstić information content (AvgIpc) is 2.36. The lowest BCUT2D eigenvalue weighted by atomic mass is 9.64. The van der Waals surface area contributed by atoms with Crippen molar-refractivity contribution in [1.29, 1.82) is 0 Å². The van der Waals surface area contributed by atoms with Crippen LogP contribution < -0.4 is 10.2 Å². The van der Waals surface area contributed by atoms with Gasteiger partial charge in [0.05, 0.1) is 0 Å². The summed E-state index contributed by atoms with van der Waals surface area (Å²) in [7, 11) is 0. The van der Waals surface area contributed by atoms with Gasteiger partial charge in [-0.2, -0.15) is 0 Å². The molecule has 0 aromatic rings. The molecule has 19 heavy (non-hydrogen) atoms. The fraction of sp³-hybridized carbons (Fsp3) is 0.867. The van der Waals surface area contributed by atoms with Crippen LogP contribution in [-0.2, 0) is 9.59 Å². The molecule has 0 bridgehead atoms. The Kier molecular flexibility index (Phi) is 5.83. The molecule has 1 rings (SSSR count). The third-order valence-corrected chi connectivity index (χ3v) is 4.90. The van der Waals surface area contributed by atoms with E-state index in [0.717, 1.165) is 12.8 Å². The third-order valence-electron chi connectivity index (χ3n) is 4.90. The Morgan fingerprint density at radius 1 is 1.16 bits per heavy atom. The number of carboxylic acid groups (broad SMARTS) is 2. The van der Waals surface area contributed by atoms with Crippen molar-refractivity contribution in [1.82, 2.24) is 0 Å². The number of hydrogen-bond donors (Lipinski definition) is 0. The summed E-state index contributed by atoms with van der Waals surface area (Å²) in [6, 6.07) is 0. The smallest absolute Gasteiger partial charge is 0.0419 e. The highest BCUT2D eigenvalue weighted by molar-refractivity contribution is 5.66. The van der Waals surface area contributed by atoms with Crippen LogP contribution in [0.3, 0.4) is 0 Å². The van der Waals surface area contributed by atoms with Crippen molar-refractivity contribution in [2.75, 3.05) is 0 Å². The van der Waals surface area contributed by atoms with Gasteiger partial charge in [-0.05, 0) is 36.5 Å². The maximum atomic E-state index is 11.0. The van der Waals surface area contributed by atoms with E-state index in [1.165, 1.54) is 19.3 Å². The third kappa shape index (κ3) is 4.84. The molecule has 4 nitrogen and oxygen atoms in total. The Morgan fingerprint density at radius 2 is 1.74 bits per heavy atom. The van der Waals surface area contributed by atoms with Crippen LogP contribution in [0.1, 0.15) is 65.2 Å². The predicted octanol–water partition coefficient (Wildman–Crippen LogP) is 0.879. The van der Waals surface area contributed by atoms with Gasteiger partial charge in [-0.1, -0.05) is 46.0 Å². The molecular formula is C15H24O4-2. The Labute approximate surface area is 115 Å². The number of carbonyl (C=O) groups excluding carboxylic acids is 2. The van der Waals surface area contributed by atoms with Gasteiger partial charge >= 0.3 is 0 Å². The first-order chi connectivity index (χ1) is 8.85. The lowest BCUT2D eigenvalue weighted by molar-refractivity contribution is -0.311. The largest absolute Gasteiger partial charge is 0.550 e. The SMILES string of the molecule is C[C@@H](C1CCCCC1)[C@](C)(CCC(=O)[O-])CC(=O)[O-]. The zero-order valence-corrected chi connectivity index (χ0v) is 11.9. The summed E-state index contributed by atoms with van der Waals surface area (Å²) in [6.07, 6.45) is 6.07. The normalized spacial score (nSPS) is 21.6. The second kappa shape index (κ2) is 6.92. The van der Waals surface area contributed by atoms with Crippen LogP contribution in [0.5, 0.6) is 0 Å². The van der Waals surface area contributed by atoms with Crippen LogP contribution in [0.15, 0.2) is 0 Å². The van der Waals surface area contributed by atoms with Crippen LogP contribution in [0.2, 0.25) is 0 Å². The highest BCUT2D eigenvalue weighted by Gasteiger charge is 2.36. The Balaban J connectivity index is 2.74. The number of rotatable bonds is 7. The summed E-state index contributed by atoms with van der Waals surface area (Å²) in [5.41, 5.74) is -0.513. The van der Waals surface area contributed by atoms with Gasteiger partial charge in [-0.15, -0.1) is 0 Å². The van der Waals surface area contributed by atoms with Gasteiger partial charge in [0.1, 0.15) is 0 Å².